The van der Waals surface area contributed by atoms with Crippen LogP contribution < -0.4 is 21.5 Å². The lowest BCUT2D eigenvalue weighted by atomic mass is 9.88. The van der Waals surface area contributed by atoms with Crippen LogP contribution in [0.1, 0.15) is 23.2 Å². The Bertz CT molecular complexity index is 444. The number of benzene rings is 1. The van der Waals surface area contributed by atoms with E-state index < -0.39 is 0 Å². The quantitative estimate of drug-likeness (QED) is 0.638. The van der Waals surface area contributed by atoms with E-state index in [1.54, 1.807) is 0 Å². The molecular weight excluding hydrogens is 252 g/mol. The normalized spacial score (nSPS) is 30.1. The SMILES string of the molecule is O=C(NC1CNNC1C1CCCNC1)c1ccccc1. The summed E-state index contributed by atoms with van der Waals surface area (Å²) in [6.45, 7) is 2.91. The fourth-order valence-electron chi connectivity index (χ4n) is 3.13. The standard InChI is InChI=1S/C15H22N4O/c20-15(11-5-2-1-3-6-11)18-13-10-17-19-14(13)12-7-4-8-16-9-12/h1-3,5-6,12-14,16-17,19H,4,7-10H2,(H,18,20). The van der Waals surface area contributed by atoms with Crippen LogP contribution in [-0.4, -0.2) is 37.6 Å². The molecule has 5 heteroatoms. The molecule has 3 unspecified atom stereocenters. The maximum atomic E-state index is 12.2. The average Bonchev–Trinajstić information content (AvgIpc) is 2.97. The molecule has 3 atom stereocenters. The van der Waals surface area contributed by atoms with Gasteiger partial charge in [-0.25, -0.2) is 0 Å². The molecule has 3 rings (SSSR count). The third-order valence-corrected chi connectivity index (χ3v) is 4.22. The summed E-state index contributed by atoms with van der Waals surface area (Å²) >= 11 is 0. The van der Waals surface area contributed by atoms with Gasteiger partial charge in [-0.3, -0.25) is 15.6 Å². The van der Waals surface area contributed by atoms with Crippen molar-refractivity contribution in [2.24, 2.45) is 5.92 Å². The van der Waals surface area contributed by atoms with Crippen LogP contribution in [0.25, 0.3) is 0 Å². The van der Waals surface area contributed by atoms with Gasteiger partial charge in [0.1, 0.15) is 0 Å². The van der Waals surface area contributed by atoms with Crippen molar-refractivity contribution in [3.05, 3.63) is 35.9 Å². The van der Waals surface area contributed by atoms with Gasteiger partial charge in [-0.05, 0) is 44.0 Å². The lowest BCUT2D eigenvalue weighted by molar-refractivity contribution is 0.0928. The third-order valence-electron chi connectivity index (χ3n) is 4.22. The maximum absolute atomic E-state index is 12.2. The van der Waals surface area contributed by atoms with Crippen molar-refractivity contribution in [1.82, 2.24) is 21.5 Å². The van der Waals surface area contributed by atoms with Crippen molar-refractivity contribution in [3.63, 3.8) is 0 Å². The zero-order chi connectivity index (χ0) is 13.8. The van der Waals surface area contributed by atoms with Gasteiger partial charge in [0, 0.05) is 18.2 Å². The fraction of sp³-hybridized carbons (Fsp3) is 0.533. The van der Waals surface area contributed by atoms with Crippen LogP contribution >= 0.6 is 0 Å². The summed E-state index contributed by atoms with van der Waals surface area (Å²) in [5, 5.41) is 6.59. The van der Waals surface area contributed by atoms with E-state index in [1.165, 1.54) is 12.8 Å². The molecule has 0 bridgehead atoms. The van der Waals surface area contributed by atoms with E-state index in [4.69, 9.17) is 0 Å². The zero-order valence-corrected chi connectivity index (χ0v) is 11.6. The molecule has 2 saturated heterocycles. The van der Waals surface area contributed by atoms with Crippen molar-refractivity contribution in [1.29, 1.82) is 0 Å². The highest BCUT2D eigenvalue weighted by atomic mass is 16.1. The summed E-state index contributed by atoms with van der Waals surface area (Å²) in [5.41, 5.74) is 7.23. The Balaban J connectivity index is 1.62. The van der Waals surface area contributed by atoms with E-state index in [-0.39, 0.29) is 11.9 Å². The average molecular weight is 274 g/mol. The first-order valence-corrected chi connectivity index (χ1v) is 7.39. The Morgan fingerprint density at radius 3 is 2.80 bits per heavy atom. The van der Waals surface area contributed by atoms with E-state index in [0.29, 0.717) is 12.0 Å². The largest absolute Gasteiger partial charge is 0.346 e. The van der Waals surface area contributed by atoms with Gasteiger partial charge in [0.25, 0.3) is 5.91 Å². The van der Waals surface area contributed by atoms with Crippen LogP contribution in [0.15, 0.2) is 30.3 Å². The molecule has 0 saturated carbocycles. The van der Waals surface area contributed by atoms with Crippen LogP contribution in [0.2, 0.25) is 0 Å². The molecule has 108 valence electrons. The molecule has 0 aliphatic carbocycles. The minimum Gasteiger partial charge on any atom is -0.346 e. The van der Waals surface area contributed by atoms with E-state index >= 15 is 0 Å². The molecule has 0 aromatic heterocycles. The Hall–Kier alpha value is -1.43. The Kier molecular flexibility index (Phi) is 4.30. The summed E-state index contributed by atoms with van der Waals surface area (Å²) < 4.78 is 0. The zero-order valence-electron chi connectivity index (χ0n) is 11.6. The Morgan fingerprint density at radius 2 is 2.05 bits per heavy atom. The molecule has 0 radical (unpaired) electrons. The smallest absolute Gasteiger partial charge is 0.251 e. The van der Waals surface area contributed by atoms with Gasteiger partial charge >= 0.3 is 0 Å². The summed E-state index contributed by atoms with van der Waals surface area (Å²) in [4.78, 5) is 12.2. The second kappa shape index (κ2) is 6.35. The van der Waals surface area contributed by atoms with Gasteiger partial charge in [0.05, 0.1) is 6.04 Å². The van der Waals surface area contributed by atoms with E-state index in [1.807, 2.05) is 30.3 Å². The van der Waals surface area contributed by atoms with Gasteiger partial charge < -0.3 is 10.6 Å². The minimum atomic E-state index is 0.00914. The highest BCUT2D eigenvalue weighted by Crippen LogP contribution is 2.19. The maximum Gasteiger partial charge on any atom is 0.251 e. The number of hydrazine groups is 1. The van der Waals surface area contributed by atoms with Gasteiger partial charge in [-0.15, -0.1) is 0 Å². The number of hydrogen-bond donors (Lipinski definition) is 4. The molecule has 1 aromatic carbocycles. The predicted octanol–water partition coefficient (Wildman–Crippen LogP) is 0.261. The van der Waals surface area contributed by atoms with Gasteiger partial charge in [-0.2, -0.15) is 0 Å². The molecule has 2 heterocycles. The molecule has 0 spiro atoms. The molecule has 1 aromatic rings. The lowest BCUT2D eigenvalue weighted by Gasteiger charge is -2.31. The summed E-state index contributed by atoms with van der Waals surface area (Å²) in [6, 6.07) is 9.85. The third kappa shape index (κ3) is 3.00. The topological polar surface area (TPSA) is 65.2 Å². The number of carbonyl (C=O) groups excluding carboxylic acids is 1. The van der Waals surface area contributed by atoms with Crippen molar-refractivity contribution >= 4 is 5.91 Å². The fourth-order valence-corrected chi connectivity index (χ4v) is 3.13. The van der Waals surface area contributed by atoms with Gasteiger partial charge in [0.15, 0.2) is 0 Å². The van der Waals surface area contributed by atoms with Gasteiger partial charge in [-0.1, -0.05) is 18.2 Å². The van der Waals surface area contributed by atoms with Crippen LogP contribution in [0.5, 0.6) is 0 Å². The first kappa shape index (κ1) is 13.5. The highest BCUT2D eigenvalue weighted by molar-refractivity contribution is 5.94. The number of piperidine rings is 1. The first-order chi connectivity index (χ1) is 9.84. The molecule has 2 fully saturated rings. The molecular formula is C15H22N4O. The van der Waals surface area contributed by atoms with E-state index in [9.17, 15) is 4.79 Å². The second-order valence-corrected chi connectivity index (χ2v) is 5.60. The predicted molar refractivity (Wildman–Crippen MR) is 78.2 cm³/mol. The van der Waals surface area contributed by atoms with E-state index in [2.05, 4.69) is 21.5 Å². The van der Waals surface area contributed by atoms with Crippen LogP contribution in [0, 0.1) is 5.92 Å². The lowest BCUT2D eigenvalue weighted by Crippen LogP contribution is -2.52. The minimum absolute atomic E-state index is 0.00914. The van der Waals surface area contributed by atoms with Crippen molar-refractivity contribution in [3.8, 4) is 0 Å². The first-order valence-electron chi connectivity index (χ1n) is 7.39. The number of carbonyl (C=O) groups is 1. The van der Waals surface area contributed by atoms with Crippen LogP contribution in [0.4, 0.5) is 0 Å². The highest BCUT2D eigenvalue weighted by Gasteiger charge is 2.35. The van der Waals surface area contributed by atoms with Crippen molar-refractivity contribution < 1.29 is 4.79 Å². The van der Waals surface area contributed by atoms with Gasteiger partial charge in [0.2, 0.25) is 0 Å². The van der Waals surface area contributed by atoms with E-state index in [0.717, 1.165) is 25.2 Å². The number of nitrogens with one attached hydrogen (secondary N) is 4. The number of amides is 1. The Morgan fingerprint density at radius 1 is 1.20 bits per heavy atom. The van der Waals surface area contributed by atoms with Crippen molar-refractivity contribution in [2.75, 3.05) is 19.6 Å². The molecule has 4 N–H and O–H groups in total. The summed E-state index contributed by atoms with van der Waals surface area (Å²) in [6.07, 6.45) is 2.42. The Labute approximate surface area is 119 Å². The summed E-state index contributed by atoms with van der Waals surface area (Å²) in [7, 11) is 0. The molecule has 20 heavy (non-hydrogen) atoms. The number of hydrogen-bond acceptors (Lipinski definition) is 4. The molecule has 2 aliphatic heterocycles. The summed E-state index contributed by atoms with van der Waals surface area (Å²) in [5.74, 6) is 0.578. The van der Waals surface area contributed by atoms with Crippen molar-refractivity contribution in [2.45, 2.75) is 24.9 Å². The number of rotatable bonds is 3. The van der Waals surface area contributed by atoms with Crippen LogP contribution in [-0.2, 0) is 0 Å². The van der Waals surface area contributed by atoms with Crippen LogP contribution in [0.3, 0.4) is 0 Å². The second-order valence-electron chi connectivity index (χ2n) is 5.60. The molecule has 2 aliphatic rings. The monoisotopic (exact) mass is 274 g/mol. The molecule has 5 nitrogen and oxygen atoms in total. The molecule has 1 amide bonds.